The normalized spacial score (nSPS) is 15.4. The molecular formula is C24H28N4O2. The molecule has 0 radical (unpaired) electrons. The van der Waals surface area contributed by atoms with E-state index in [2.05, 4.69) is 46.4 Å². The van der Waals surface area contributed by atoms with Gasteiger partial charge in [-0.25, -0.2) is 4.98 Å². The number of piperidine rings is 1. The van der Waals surface area contributed by atoms with E-state index in [1.165, 1.54) is 22.0 Å². The lowest BCUT2D eigenvalue weighted by Gasteiger charge is -2.32. The van der Waals surface area contributed by atoms with Crippen molar-refractivity contribution in [3.05, 3.63) is 75.8 Å². The number of carbonyl (C=O) groups is 1. The number of hydrogen-bond donors (Lipinski definition) is 1. The van der Waals surface area contributed by atoms with Gasteiger partial charge in [-0.3, -0.25) is 19.1 Å². The van der Waals surface area contributed by atoms with E-state index in [4.69, 9.17) is 0 Å². The van der Waals surface area contributed by atoms with E-state index in [-0.39, 0.29) is 24.1 Å². The summed E-state index contributed by atoms with van der Waals surface area (Å²) in [5, 5.41) is 3.65. The van der Waals surface area contributed by atoms with E-state index >= 15 is 0 Å². The van der Waals surface area contributed by atoms with Crippen LogP contribution in [0, 0.1) is 13.8 Å². The molecule has 0 aliphatic carbocycles. The Balaban J connectivity index is 1.32. The number of nitrogens with one attached hydrogen (secondary N) is 1. The lowest BCUT2D eigenvalue weighted by Crippen LogP contribution is -2.45. The minimum absolute atomic E-state index is 0.000854. The SMILES string of the molecule is Cc1ccccc1CN1CCC(NC(=O)Cn2cnc3c(C)cccc3c2=O)CC1. The molecule has 1 aromatic heterocycles. The molecule has 1 saturated heterocycles. The van der Waals surface area contributed by atoms with Crippen molar-refractivity contribution in [1.82, 2.24) is 19.8 Å². The highest BCUT2D eigenvalue weighted by Gasteiger charge is 2.21. The molecule has 2 aromatic carbocycles. The van der Waals surface area contributed by atoms with Crippen LogP contribution in [-0.2, 0) is 17.9 Å². The van der Waals surface area contributed by atoms with Gasteiger partial charge in [0.05, 0.1) is 17.2 Å². The van der Waals surface area contributed by atoms with E-state index in [1.54, 1.807) is 6.07 Å². The van der Waals surface area contributed by atoms with Crippen LogP contribution in [0.2, 0.25) is 0 Å². The van der Waals surface area contributed by atoms with Crippen molar-refractivity contribution >= 4 is 16.8 Å². The first-order valence-corrected chi connectivity index (χ1v) is 10.5. The zero-order valence-electron chi connectivity index (χ0n) is 17.6. The van der Waals surface area contributed by atoms with Crippen molar-refractivity contribution in [2.24, 2.45) is 0 Å². The second-order valence-corrected chi connectivity index (χ2v) is 8.19. The Morgan fingerprint density at radius 3 is 2.57 bits per heavy atom. The van der Waals surface area contributed by atoms with Gasteiger partial charge in [-0.1, -0.05) is 36.4 Å². The van der Waals surface area contributed by atoms with E-state index in [1.807, 2.05) is 19.1 Å². The number of nitrogens with zero attached hydrogens (tertiary/aromatic N) is 3. The van der Waals surface area contributed by atoms with Crippen molar-refractivity contribution in [3.8, 4) is 0 Å². The third-order valence-corrected chi connectivity index (χ3v) is 5.98. The standard InChI is InChI=1S/C24H28N4O2/c1-17-6-3-4-8-19(17)14-27-12-10-20(11-13-27)26-22(29)15-28-16-25-23-18(2)7-5-9-21(23)24(28)30/h3-9,16,20H,10-15H2,1-2H3,(H,26,29). The average Bonchev–Trinajstić information content (AvgIpc) is 2.74. The van der Waals surface area contributed by atoms with E-state index in [0.29, 0.717) is 10.9 Å². The Hall–Kier alpha value is -2.99. The van der Waals surface area contributed by atoms with Crippen LogP contribution in [0.1, 0.15) is 29.5 Å². The maximum atomic E-state index is 12.7. The summed E-state index contributed by atoms with van der Waals surface area (Å²) < 4.78 is 1.39. The molecule has 0 unspecified atom stereocenters. The van der Waals surface area contributed by atoms with Crippen molar-refractivity contribution in [2.75, 3.05) is 13.1 Å². The Labute approximate surface area is 176 Å². The topological polar surface area (TPSA) is 67.2 Å². The van der Waals surface area contributed by atoms with Gasteiger partial charge in [-0.2, -0.15) is 0 Å². The highest BCUT2D eigenvalue weighted by Crippen LogP contribution is 2.16. The molecule has 2 heterocycles. The zero-order chi connectivity index (χ0) is 21.1. The molecule has 0 atom stereocenters. The van der Waals surface area contributed by atoms with Crippen LogP contribution in [0.25, 0.3) is 10.9 Å². The number of carbonyl (C=O) groups excluding carboxylic acids is 1. The molecular weight excluding hydrogens is 376 g/mol. The van der Waals surface area contributed by atoms with Crippen LogP contribution in [0.3, 0.4) is 0 Å². The molecule has 1 fully saturated rings. The Kier molecular flexibility index (Phi) is 5.95. The maximum absolute atomic E-state index is 12.7. The molecule has 1 N–H and O–H groups in total. The Morgan fingerprint density at radius 2 is 1.80 bits per heavy atom. The van der Waals surface area contributed by atoms with Gasteiger partial charge in [0.2, 0.25) is 5.91 Å². The van der Waals surface area contributed by atoms with Crippen LogP contribution in [0.4, 0.5) is 0 Å². The average molecular weight is 405 g/mol. The van der Waals surface area contributed by atoms with Crippen LogP contribution in [-0.4, -0.2) is 39.5 Å². The zero-order valence-corrected chi connectivity index (χ0v) is 17.6. The number of para-hydroxylation sites is 1. The molecule has 1 amide bonds. The molecule has 1 aliphatic heterocycles. The number of amides is 1. The van der Waals surface area contributed by atoms with Crippen LogP contribution in [0.5, 0.6) is 0 Å². The molecule has 0 saturated carbocycles. The molecule has 0 spiro atoms. The summed E-state index contributed by atoms with van der Waals surface area (Å²) in [6, 6.07) is 14.2. The lowest BCUT2D eigenvalue weighted by molar-refractivity contribution is -0.122. The van der Waals surface area contributed by atoms with Gasteiger partial charge < -0.3 is 5.32 Å². The smallest absolute Gasteiger partial charge is 0.261 e. The molecule has 6 heteroatoms. The van der Waals surface area contributed by atoms with Crippen molar-refractivity contribution < 1.29 is 4.79 Å². The molecule has 4 rings (SSSR count). The second-order valence-electron chi connectivity index (χ2n) is 8.19. The highest BCUT2D eigenvalue weighted by atomic mass is 16.2. The number of rotatable bonds is 5. The summed E-state index contributed by atoms with van der Waals surface area (Å²) in [6.07, 6.45) is 3.31. The van der Waals surface area contributed by atoms with Crippen molar-refractivity contribution in [3.63, 3.8) is 0 Å². The number of hydrogen-bond acceptors (Lipinski definition) is 4. The fraction of sp³-hybridized carbons (Fsp3) is 0.375. The predicted molar refractivity (Wildman–Crippen MR) is 118 cm³/mol. The molecule has 0 bridgehead atoms. The van der Waals surface area contributed by atoms with E-state index in [9.17, 15) is 9.59 Å². The minimum Gasteiger partial charge on any atom is -0.352 e. The quantitative estimate of drug-likeness (QED) is 0.710. The third-order valence-electron chi connectivity index (χ3n) is 5.98. The molecule has 1 aliphatic rings. The number of aryl methyl sites for hydroxylation is 2. The number of likely N-dealkylation sites (tertiary alicyclic amines) is 1. The van der Waals surface area contributed by atoms with Crippen LogP contribution in [0.15, 0.2) is 53.6 Å². The summed E-state index contributed by atoms with van der Waals surface area (Å²) >= 11 is 0. The molecule has 6 nitrogen and oxygen atoms in total. The van der Waals surface area contributed by atoms with E-state index < -0.39 is 0 Å². The third kappa shape index (κ3) is 4.44. The predicted octanol–water partition coefficient (Wildman–Crippen LogP) is 2.79. The van der Waals surface area contributed by atoms with Gasteiger partial charge in [0.1, 0.15) is 6.54 Å². The number of fused-ring (bicyclic) bond motifs is 1. The van der Waals surface area contributed by atoms with Crippen LogP contribution >= 0.6 is 0 Å². The largest absolute Gasteiger partial charge is 0.352 e. The summed E-state index contributed by atoms with van der Waals surface area (Å²) in [5.41, 5.74) is 4.15. The minimum atomic E-state index is -0.174. The van der Waals surface area contributed by atoms with E-state index in [0.717, 1.165) is 38.0 Å². The first-order valence-electron chi connectivity index (χ1n) is 10.5. The number of aromatic nitrogens is 2. The Bertz CT molecular complexity index is 1110. The summed E-state index contributed by atoms with van der Waals surface area (Å²) in [5.74, 6) is -0.136. The lowest BCUT2D eigenvalue weighted by atomic mass is 10.0. The number of benzene rings is 2. The fourth-order valence-corrected chi connectivity index (χ4v) is 4.14. The fourth-order valence-electron chi connectivity index (χ4n) is 4.14. The molecule has 156 valence electrons. The van der Waals surface area contributed by atoms with Crippen molar-refractivity contribution in [2.45, 2.75) is 45.8 Å². The monoisotopic (exact) mass is 404 g/mol. The first kappa shape index (κ1) is 20.3. The summed E-state index contributed by atoms with van der Waals surface area (Å²) in [4.78, 5) is 32.0. The second kappa shape index (κ2) is 8.79. The highest BCUT2D eigenvalue weighted by molar-refractivity contribution is 5.81. The van der Waals surface area contributed by atoms with Gasteiger partial charge in [0.15, 0.2) is 0 Å². The first-order chi connectivity index (χ1) is 14.5. The van der Waals surface area contributed by atoms with Gasteiger partial charge in [0.25, 0.3) is 5.56 Å². The Morgan fingerprint density at radius 1 is 1.07 bits per heavy atom. The molecule has 30 heavy (non-hydrogen) atoms. The molecule has 3 aromatic rings. The maximum Gasteiger partial charge on any atom is 0.261 e. The van der Waals surface area contributed by atoms with Gasteiger partial charge in [0, 0.05) is 25.7 Å². The summed E-state index contributed by atoms with van der Waals surface area (Å²) in [6.45, 7) is 6.93. The summed E-state index contributed by atoms with van der Waals surface area (Å²) in [7, 11) is 0. The van der Waals surface area contributed by atoms with Crippen LogP contribution < -0.4 is 10.9 Å². The van der Waals surface area contributed by atoms with Gasteiger partial charge in [-0.05, 0) is 49.4 Å². The van der Waals surface area contributed by atoms with Crippen molar-refractivity contribution in [1.29, 1.82) is 0 Å². The van der Waals surface area contributed by atoms with Gasteiger partial charge in [-0.15, -0.1) is 0 Å². The van der Waals surface area contributed by atoms with Gasteiger partial charge >= 0.3 is 0 Å².